The minimum Gasteiger partial charge on any atom is -0.365 e. The molecule has 0 aliphatic carbocycles. The molecule has 1 aromatic rings. The van der Waals surface area contributed by atoms with Crippen molar-refractivity contribution in [2.45, 2.75) is 39.2 Å². The van der Waals surface area contributed by atoms with Crippen LogP contribution in [0.1, 0.15) is 37.6 Å². The van der Waals surface area contributed by atoms with Gasteiger partial charge in [-0.05, 0) is 13.3 Å². The maximum absolute atomic E-state index is 8.97. The molecule has 0 aliphatic rings. The number of nitriles is 1. The fourth-order valence-corrected chi connectivity index (χ4v) is 1.55. The summed E-state index contributed by atoms with van der Waals surface area (Å²) in [6.45, 7) is 4.48. The summed E-state index contributed by atoms with van der Waals surface area (Å²) in [7, 11) is 0. The van der Waals surface area contributed by atoms with E-state index in [1.807, 2.05) is 0 Å². The molecule has 0 saturated carbocycles. The number of anilines is 1. The Morgan fingerprint density at radius 2 is 2.35 bits per heavy atom. The molecule has 1 atom stereocenters. The van der Waals surface area contributed by atoms with E-state index >= 15 is 0 Å². The Labute approximate surface area is 102 Å². The highest BCUT2D eigenvalue weighted by Gasteiger charge is 2.10. The Bertz CT molecular complexity index is 396. The van der Waals surface area contributed by atoms with Crippen LogP contribution >= 0.6 is 0 Å². The number of nitrogens with zero attached hydrogens (tertiary/aromatic N) is 3. The van der Waals surface area contributed by atoms with Gasteiger partial charge in [-0.2, -0.15) is 5.26 Å². The number of hydrogen-bond donors (Lipinski definition) is 2. The van der Waals surface area contributed by atoms with Gasteiger partial charge < -0.3 is 11.1 Å². The van der Waals surface area contributed by atoms with E-state index in [2.05, 4.69) is 28.3 Å². The van der Waals surface area contributed by atoms with Crippen molar-refractivity contribution in [1.82, 2.24) is 9.97 Å². The minimum absolute atomic E-state index is 0.163. The van der Waals surface area contributed by atoms with Gasteiger partial charge in [0.2, 0.25) is 0 Å². The maximum Gasteiger partial charge on any atom is 0.147 e. The fourth-order valence-electron chi connectivity index (χ4n) is 1.55. The first-order valence-electron chi connectivity index (χ1n) is 5.91. The molecule has 17 heavy (non-hydrogen) atoms. The molecule has 0 aromatic carbocycles. The molecular weight excluding hydrogens is 214 g/mol. The molecule has 0 saturated heterocycles. The lowest BCUT2D eigenvalue weighted by molar-refractivity contribution is 0.611. The van der Waals surface area contributed by atoms with Gasteiger partial charge in [0, 0.05) is 12.6 Å². The highest BCUT2D eigenvalue weighted by molar-refractivity contribution is 5.51. The van der Waals surface area contributed by atoms with E-state index in [1.165, 1.54) is 6.20 Å². The van der Waals surface area contributed by atoms with E-state index in [0.29, 0.717) is 23.8 Å². The third-order valence-corrected chi connectivity index (χ3v) is 2.56. The molecule has 0 bridgehead atoms. The summed E-state index contributed by atoms with van der Waals surface area (Å²) in [5.74, 6) is 1.24. The van der Waals surface area contributed by atoms with Crippen molar-refractivity contribution in [3.05, 3.63) is 17.6 Å². The lowest BCUT2D eigenvalue weighted by Crippen LogP contribution is -2.29. The normalized spacial score (nSPS) is 11.9. The molecule has 5 heteroatoms. The molecule has 0 spiro atoms. The van der Waals surface area contributed by atoms with Gasteiger partial charge in [-0.3, -0.25) is 0 Å². The van der Waals surface area contributed by atoms with Crippen LogP contribution in [0, 0.1) is 18.3 Å². The minimum atomic E-state index is 0.163. The Kier molecular flexibility index (Phi) is 5.37. The largest absolute Gasteiger partial charge is 0.365 e. The monoisotopic (exact) mass is 233 g/mol. The van der Waals surface area contributed by atoms with E-state index in [0.717, 1.165) is 19.3 Å². The van der Waals surface area contributed by atoms with Gasteiger partial charge in [-0.1, -0.05) is 19.8 Å². The average Bonchev–Trinajstić information content (AvgIpc) is 2.34. The zero-order chi connectivity index (χ0) is 12.7. The number of aryl methyl sites for hydroxylation is 1. The second-order valence-corrected chi connectivity index (χ2v) is 4.01. The molecule has 3 N–H and O–H groups in total. The van der Waals surface area contributed by atoms with Crippen molar-refractivity contribution >= 4 is 5.82 Å². The third kappa shape index (κ3) is 4.00. The average molecular weight is 233 g/mol. The van der Waals surface area contributed by atoms with Crippen molar-refractivity contribution in [3.63, 3.8) is 0 Å². The molecule has 5 nitrogen and oxygen atoms in total. The number of nitrogens with one attached hydrogen (secondary N) is 1. The first kappa shape index (κ1) is 13.4. The molecule has 1 aromatic heterocycles. The van der Waals surface area contributed by atoms with Crippen LogP contribution in [0.2, 0.25) is 0 Å². The predicted octanol–water partition coefficient (Wildman–Crippen LogP) is 1.59. The zero-order valence-electron chi connectivity index (χ0n) is 10.4. The van der Waals surface area contributed by atoms with E-state index in [9.17, 15) is 0 Å². The predicted molar refractivity (Wildman–Crippen MR) is 67.5 cm³/mol. The first-order chi connectivity index (χ1) is 8.21. The summed E-state index contributed by atoms with van der Waals surface area (Å²) >= 11 is 0. The van der Waals surface area contributed by atoms with Crippen LogP contribution < -0.4 is 11.1 Å². The number of aromatic nitrogens is 2. The Hall–Kier alpha value is -1.67. The van der Waals surface area contributed by atoms with E-state index in [1.54, 1.807) is 6.92 Å². The highest BCUT2D eigenvalue weighted by Crippen LogP contribution is 2.13. The zero-order valence-corrected chi connectivity index (χ0v) is 10.4. The van der Waals surface area contributed by atoms with Crippen LogP contribution in [0.15, 0.2) is 6.20 Å². The van der Waals surface area contributed by atoms with Crippen molar-refractivity contribution in [1.29, 1.82) is 5.26 Å². The molecule has 1 heterocycles. The summed E-state index contributed by atoms with van der Waals surface area (Å²) in [5, 5.41) is 12.2. The molecule has 0 radical (unpaired) electrons. The molecule has 1 rings (SSSR count). The molecule has 0 fully saturated rings. The standard InChI is InChI=1S/C12H19N5/c1-3-4-5-11(7-14)17-12-10(6-13)8-15-9(2)16-12/h8,11H,3-5,7,14H2,1-2H3,(H,15,16,17). The Morgan fingerprint density at radius 3 is 2.94 bits per heavy atom. The van der Waals surface area contributed by atoms with Crippen molar-refractivity contribution in [3.8, 4) is 6.07 Å². The molecule has 1 unspecified atom stereocenters. The second-order valence-electron chi connectivity index (χ2n) is 4.01. The van der Waals surface area contributed by atoms with Gasteiger partial charge in [0.1, 0.15) is 23.3 Å². The van der Waals surface area contributed by atoms with Crippen LogP contribution in [0.5, 0.6) is 0 Å². The lowest BCUT2D eigenvalue weighted by atomic mass is 10.1. The van der Waals surface area contributed by atoms with Gasteiger partial charge in [0.15, 0.2) is 0 Å². The second kappa shape index (κ2) is 6.81. The summed E-state index contributed by atoms with van der Waals surface area (Å²) in [5.41, 5.74) is 6.17. The van der Waals surface area contributed by atoms with E-state index < -0.39 is 0 Å². The summed E-state index contributed by atoms with van der Waals surface area (Å²) < 4.78 is 0. The van der Waals surface area contributed by atoms with Crippen molar-refractivity contribution in [2.24, 2.45) is 5.73 Å². The number of unbranched alkanes of at least 4 members (excludes halogenated alkanes) is 1. The summed E-state index contributed by atoms with van der Waals surface area (Å²) in [4.78, 5) is 8.24. The topological polar surface area (TPSA) is 87.6 Å². The summed E-state index contributed by atoms with van der Waals surface area (Å²) in [6, 6.07) is 2.24. The van der Waals surface area contributed by atoms with E-state index in [4.69, 9.17) is 11.0 Å². The molecule has 0 aliphatic heterocycles. The van der Waals surface area contributed by atoms with Gasteiger partial charge in [-0.15, -0.1) is 0 Å². The third-order valence-electron chi connectivity index (χ3n) is 2.56. The molecule has 0 amide bonds. The smallest absolute Gasteiger partial charge is 0.147 e. The highest BCUT2D eigenvalue weighted by atomic mass is 15.1. The summed E-state index contributed by atoms with van der Waals surface area (Å²) in [6.07, 6.45) is 4.77. The van der Waals surface area contributed by atoms with Crippen LogP contribution in [0.25, 0.3) is 0 Å². The van der Waals surface area contributed by atoms with Gasteiger partial charge in [0.25, 0.3) is 0 Å². The van der Waals surface area contributed by atoms with Gasteiger partial charge >= 0.3 is 0 Å². The lowest BCUT2D eigenvalue weighted by Gasteiger charge is -2.17. The number of hydrogen-bond acceptors (Lipinski definition) is 5. The Morgan fingerprint density at radius 1 is 1.59 bits per heavy atom. The molecular formula is C12H19N5. The Balaban J connectivity index is 2.78. The first-order valence-corrected chi connectivity index (χ1v) is 5.91. The van der Waals surface area contributed by atoms with Gasteiger partial charge in [-0.25, -0.2) is 9.97 Å². The van der Waals surface area contributed by atoms with E-state index in [-0.39, 0.29) is 6.04 Å². The van der Waals surface area contributed by atoms with Gasteiger partial charge in [0.05, 0.1) is 6.20 Å². The fraction of sp³-hybridized carbons (Fsp3) is 0.583. The van der Waals surface area contributed by atoms with Crippen LogP contribution in [-0.2, 0) is 0 Å². The quantitative estimate of drug-likeness (QED) is 0.779. The van der Waals surface area contributed by atoms with Crippen LogP contribution in [0.4, 0.5) is 5.82 Å². The SMILES string of the molecule is CCCCC(CN)Nc1nc(C)ncc1C#N. The molecule has 92 valence electrons. The van der Waals surface area contributed by atoms with Crippen LogP contribution in [0.3, 0.4) is 0 Å². The number of nitrogens with two attached hydrogens (primary N) is 1. The van der Waals surface area contributed by atoms with Crippen molar-refractivity contribution < 1.29 is 0 Å². The van der Waals surface area contributed by atoms with Crippen LogP contribution in [-0.4, -0.2) is 22.6 Å². The maximum atomic E-state index is 8.97. The number of rotatable bonds is 6. The van der Waals surface area contributed by atoms with Crippen molar-refractivity contribution in [2.75, 3.05) is 11.9 Å².